The summed E-state index contributed by atoms with van der Waals surface area (Å²) in [4.78, 5) is 12.1. The number of halogens is 4. The van der Waals surface area contributed by atoms with Crippen molar-refractivity contribution in [3.8, 4) is 34.4 Å². The van der Waals surface area contributed by atoms with Crippen molar-refractivity contribution in [1.29, 1.82) is 0 Å². The summed E-state index contributed by atoms with van der Waals surface area (Å²) in [6.45, 7) is 6.01. The molecule has 0 saturated heterocycles. The number of aromatic nitrogens is 5. The molecule has 3 aromatic heterocycles. The van der Waals surface area contributed by atoms with E-state index in [1.54, 1.807) is 23.9 Å². The van der Waals surface area contributed by atoms with E-state index in [9.17, 15) is 13.2 Å². The summed E-state index contributed by atoms with van der Waals surface area (Å²) in [5.41, 5.74) is 2.27. The minimum absolute atomic E-state index is 0. The number of imidazole rings is 1. The Morgan fingerprint density at radius 3 is 2.35 bits per heavy atom. The van der Waals surface area contributed by atoms with Crippen LogP contribution in [0, 0.1) is 0 Å². The third kappa shape index (κ3) is 5.05. The van der Waals surface area contributed by atoms with Crippen molar-refractivity contribution in [2.24, 2.45) is 7.05 Å². The fourth-order valence-electron chi connectivity index (χ4n) is 3.51. The fourth-order valence-corrected chi connectivity index (χ4v) is 4.04. The van der Waals surface area contributed by atoms with Crippen molar-refractivity contribution in [3.63, 3.8) is 0 Å². The molecule has 7 nitrogen and oxygen atoms in total. The number of fused-ring (bicyclic) bond motifs is 1. The number of H-pyrrole nitrogens is 1. The van der Waals surface area contributed by atoms with Gasteiger partial charge in [-0.25, -0.2) is 9.97 Å². The van der Waals surface area contributed by atoms with Gasteiger partial charge in [0.2, 0.25) is 5.88 Å². The van der Waals surface area contributed by atoms with Gasteiger partial charge in [-0.1, -0.05) is 44.5 Å². The van der Waals surface area contributed by atoms with E-state index < -0.39 is 6.36 Å². The van der Waals surface area contributed by atoms with Crippen LogP contribution in [0.1, 0.15) is 26.5 Å². The molecule has 0 saturated carbocycles. The second-order valence-corrected chi connectivity index (χ2v) is 8.80. The van der Waals surface area contributed by atoms with Gasteiger partial charge in [-0.15, -0.1) is 13.2 Å². The van der Waals surface area contributed by atoms with E-state index >= 15 is 0 Å². The van der Waals surface area contributed by atoms with E-state index in [4.69, 9.17) is 16.3 Å². The van der Waals surface area contributed by atoms with Gasteiger partial charge < -0.3 is 14.5 Å². The summed E-state index contributed by atoms with van der Waals surface area (Å²) in [7, 11) is 3.17. The van der Waals surface area contributed by atoms with Gasteiger partial charge in [0.1, 0.15) is 17.0 Å². The van der Waals surface area contributed by atoms with Gasteiger partial charge in [0.25, 0.3) is 0 Å². The number of benzene rings is 1. The molecule has 0 aliphatic rings. The van der Waals surface area contributed by atoms with Crippen LogP contribution in [0.2, 0.25) is 5.02 Å². The van der Waals surface area contributed by atoms with Crippen LogP contribution >= 0.6 is 11.6 Å². The van der Waals surface area contributed by atoms with Crippen LogP contribution in [-0.4, -0.2) is 67.8 Å². The molecule has 0 aliphatic carbocycles. The Labute approximate surface area is 220 Å². The van der Waals surface area contributed by atoms with Crippen molar-refractivity contribution in [2.45, 2.75) is 32.5 Å². The first kappa shape index (κ1) is 26.3. The monoisotopic (exact) mass is 503 g/mol. The van der Waals surface area contributed by atoms with Crippen LogP contribution in [0.15, 0.2) is 30.3 Å². The number of rotatable bonds is 4. The second-order valence-electron chi connectivity index (χ2n) is 8.43. The van der Waals surface area contributed by atoms with Crippen LogP contribution in [0.4, 0.5) is 13.2 Å². The Morgan fingerprint density at radius 1 is 1.09 bits per heavy atom. The van der Waals surface area contributed by atoms with Gasteiger partial charge in [-0.2, -0.15) is 5.10 Å². The number of hydrogen-bond donors (Lipinski definition) is 1. The van der Waals surface area contributed by atoms with Gasteiger partial charge in [-0.05, 0) is 18.2 Å². The number of ether oxygens (including phenoxy) is 2. The summed E-state index contributed by atoms with van der Waals surface area (Å²) in [5, 5.41) is 4.99. The zero-order valence-electron chi connectivity index (χ0n) is 18.5. The molecule has 0 unspecified atom stereocenters. The van der Waals surface area contributed by atoms with Crippen LogP contribution in [0.3, 0.4) is 0 Å². The zero-order chi connectivity index (χ0) is 24.1. The van der Waals surface area contributed by atoms with E-state index in [1.165, 1.54) is 25.3 Å². The number of para-hydroxylation sites is 1. The first-order valence-corrected chi connectivity index (χ1v) is 10.3. The third-order valence-electron chi connectivity index (χ3n) is 4.95. The van der Waals surface area contributed by atoms with Crippen LogP contribution in [0.5, 0.6) is 11.6 Å². The molecule has 0 spiro atoms. The molecule has 0 amide bonds. The average molecular weight is 504 g/mol. The maximum absolute atomic E-state index is 12.9. The summed E-state index contributed by atoms with van der Waals surface area (Å²) in [5.74, 6) is 0.217. The molecule has 1 N–H and O–H groups in total. The number of aryl methyl sites for hydroxylation is 1. The van der Waals surface area contributed by atoms with Crippen molar-refractivity contribution in [2.75, 3.05) is 7.11 Å². The quantitative estimate of drug-likeness (QED) is 0.386. The molecule has 0 fully saturated rings. The van der Waals surface area contributed by atoms with E-state index in [0.717, 1.165) is 0 Å². The van der Waals surface area contributed by atoms with Crippen molar-refractivity contribution in [1.82, 2.24) is 24.7 Å². The minimum atomic E-state index is -4.84. The number of aromatic amines is 1. The Hall–Kier alpha value is -2.27. The number of pyridine rings is 1. The molecule has 0 bridgehead atoms. The van der Waals surface area contributed by atoms with Crippen molar-refractivity contribution in [3.05, 3.63) is 41.0 Å². The van der Waals surface area contributed by atoms with Crippen molar-refractivity contribution < 1.29 is 22.6 Å². The van der Waals surface area contributed by atoms with E-state index in [2.05, 4.69) is 24.8 Å². The second kappa shape index (κ2) is 9.41. The normalized spacial score (nSPS) is 12.0. The van der Waals surface area contributed by atoms with Gasteiger partial charge in [0.05, 0.1) is 29.0 Å². The van der Waals surface area contributed by atoms with E-state index in [-0.39, 0.29) is 57.9 Å². The number of hydrogen-bond acceptors (Lipinski definition) is 5. The predicted octanol–water partition coefficient (Wildman–Crippen LogP) is 5.24. The summed E-state index contributed by atoms with van der Waals surface area (Å²) in [6, 6.07) is 7.31. The molecule has 12 heteroatoms. The molecule has 4 rings (SSSR count). The fraction of sp³-hybridized carbons (Fsp3) is 0.318. The maximum atomic E-state index is 12.9. The summed E-state index contributed by atoms with van der Waals surface area (Å²) in [6.07, 6.45) is -4.84. The third-order valence-corrected chi connectivity index (χ3v) is 5.31. The van der Waals surface area contributed by atoms with E-state index in [0.29, 0.717) is 33.3 Å². The van der Waals surface area contributed by atoms with Gasteiger partial charge in [0, 0.05) is 18.0 Å². The average Bonchev–Trinajstić information content (AvgIpc) is 3.26. The van der Waals surface area contributed by atoms with Gasteiger partial charge in [-0.3, -0.25) is 4.68 Å². The molecule has 3 heterocycles. The summed E-state index contributed by atoms with van der Waals surface area (Å²) < 4.78 is 49.9. The molecule has 0 aliphatic heterocycles. The molecular weight excluding hydrogens is 482 g/mol. The standard InChI is InChI=1S/C22H21ClF3N5O2.Na.H/c1-21(2,3)18-15(23)17(31(4)30-18)19-27-13-10-12(28-20(32-5)16(13)29-19)11-8-6-7-9-14(11)33-22(24,25)26;;/h6-10H,1-5H3,(H,27,29);;. The molecule has 176 valence electrons. The number of methoxy groups -OCH3 is 1. The molecule has 0 atom stereocenters. The van der Waals surface area contributed by atoms with Crippen LogP contribution in [0.25, 0.3) is 33.8 Å². The first-order valence-electron chi connectivity index (χ1n) is 9.92. The number of nitrogens with one attached hydrogen (secondary N) is 1. The summed E-state index contributed by atoms with van der Waals surface area (Å²) >= 11 is 6.65. The number of alkyl halides is 3. The van der Waals surface area contributed by atoms with Gasteiger partial charge in [0.15, 0.2) is 5.82 Å². The van der Waals surface area contributed by atoms with Crippen LogP contribution < -0.4 is 9.47 Å². The number of nitrogens with zero attached hydrogens (tertiary/aromatic N) is 4. The molecule has 0 radical (unpaired) electrons. The Morgan fingerprint density at radius 2 is 1.76 bits per heavy atom. The van der Waals surface area contributed by atoms with Crippen molar-refractivity contribution >= 4 is 52.2 Å². The molecule has 1 aromatic carbocycles. The van der Waals surface area contributed by atoms with E-state index in [1.807, 2.05) is 20.8 Å². The SMILES string of the molecule is COc1nc(-c2ccccc2OC(F)(F)F)cc2nc(-c3c(Cl)c(C(C)(C)C)nn3C)[nH]c12.[NaH]. The molecular formula is C22H22ClF3N5NaO2. The molecule has 34 heavy (non-hydrogen) atoms. The Balaban J connectivity index is 0.00000324. The Kier molecular flexibility index (Phi) is 7.29. The zero-order valence-corrected chi connectivity index (χ0v) is 19.3. The molecule has 4 aromatic rings. The Bertz CT molecular complexity index is 1350. The van der Waals surface area contributed by atoms with Gasteiger partial charge >= 0.3 is 35.9 Å². The first-order chi connectivity index (χ1) is 15.4. The van der Waals surface area contributed by atoms with Crippen LogP contribution in [-0.2, 0) is 12.5 Å². The topological polar surface area (TPSA) is 77.8 Å². The predicted molar refractivity (Wildman–Crippen MR) is 126 cm³/mol.